The number of nitrogens with two attached hydrogens (primary N) is 1. The van der Waals surface area contributed by atoms with Crippen LogP contribution < -0.4 is 11.1 Å². The van der Waals surface area contributed by atoms with Crippen LogP contribution in [0.15, 0.2) is 24.3 Å². The third kappa shape index (κ3) is 3.24. The molecule has 0 amide bonds. The van der Waals surface area contributed by atoms with Gasteiger partial charge in [-0.25, -0.2) is 4.98 Å². The van der Waals surface area contributed by atoms with Crippen LogP contribution in [0.4, 0.5) is 11.8 Å². The van der Waals surface area contributed by atoms with E-state index < -0.39 is 5.60 Å². The van der Waals surface area contributed by atoms with E-state index in [0.717, 1.165) is 36.6 Å². The number of aliphatic hydroxyl groups is 1. The number of aromatic nitrogens is 2. The van der Waals surface area contributed by atoms with Crippen molar-refractivity contribution in [3.05, 3.63) is 24.3 Å². The molecule has 4 N–H and O–H groups in total. The van der Waals surface area contributed by atoms with Crippen molar-refractivity contribution in [3.8, 4) is 0 Å². The summed E-state index contributed by atoms with van der Waals surface area (Å²) in [5, 5.41) is 14.9. The van der Waals surface area contributed by atoms with Crippen molar-refractivity contribution < 1.29 is 5.11 Å². The fourth-order valence-corrected chi connectivity index (χ4v) is 3.04. The van der Waals surface area contributed by atoms with Crippen molar-refractivity contribution >= 4 is 22.7 Å². The smallest absolute Gasteiger partial charge is 0.222 e. The van der Waals surface area contributed by atoms with Crippen LogP contribution in [0, 0.1) is 0 Å². The lowest BCUT2D eigenvalue weighted by Crippen LogP contribution is -2.36. The number of benzene rings is 1. The van der Waals surface area contributed by atoms with Crippen LogP contribution in [-0.4, -0.2) is 27.2 Å². The van der Waals surface area contributed by atoms with E-state index in [0.29, 0.717) is 12.4 Å². The van der Waals surface area contributed by atoms with Crippen molar-refractivity contribution in [3.63, 3.8) is 0 Å². The number of anilines is 2. The molecule has 0 atom stereocenters. The number of rotatable bonds is 3. The second-order valence-corrected chi connectivity index (χ2v) is 5.94. The fraction of sp³-hybridized carbons (Fsp3) is 0.500. The summed E-state index contributed by atoms with van der Waals surface area (Å²) in [4.78, 5) is 8.51. The fourth-order valence-electron chi connectivity index (χ4n) is 3.04. The number of hydrogen-bond donors (Lipinski definition) is 3. The topological polar surface area (TPSA) is 84.1 Å². The van der Waals surface area contributed by atoms with Gasteiger partial charge in [-0.2, -0.15) is 4.98 Å². The van der Waals surface area contributed by atoms with Crippen LogP contribution in [0.25, 0.3) is 10.9 Å². The van der Waals surface area contributed by atoms with Crippen LogP contribution in [0.5, 0.6) is 0 Å². The Bertz CT molecular complexity index is 621. The molecule has 2 aromatic rings. The first-order chi connectivity index (χ1) is 10.2. The molecule has 0 unspecified atom stereocenters. The quantitative estimate of drug-likeness (QED) is 0.755. The van der Waals surface area contributed by atoms with Gasteiger partial charge in [0.25, 0.3) is 0 Å². The predicted molar refractivity (Wildman–Crippen MR) is 85.1 cm³/mol. The first kappa shape index (κ1) is 14.1. The van der Waals surface area contributed by atoms with Gasteiger partial charge in [0.05, 0.1) is 11.1 Å². The van der Waals surface area contributed by atoms with E-state index in [-0.39, 0.29) is 5.95 Å². The van der Waals surface area contributed by atoms with Crippen molar-refractivity contribution in [1.82, 2.24) is 9.97 Å². The lowest BCUT2D eigenvalue weighted by Gasteiger charge is -2.27. The van der Waals surface area contributed by atoms with Crippen LogP contribution >= 0.6 is 0 Å². The Kier molecular flexibility index (Phi) is 3.92. The molecule has 0 aliphatic heterocycles. The molecular weight excluding hydrogens is 264 g/mol. The van der Waals surface area contributed by atoms with Crippen molar-refractivity contribution in [2.45, 2.75) is 44.1 Å². The molecule has 0 spiro atoms. The molecule has 0 radical (unpaired) electrons. The number of hydrogen-bond acceptors (Lipinski definition) is 5. The van der Waals surface area contributed by atoms with Crippen molar-refractivity contribution in [2.24, 2.45) is 0 Å². The van der Waals surface area contributed by atoms with Crippen LogP contribution in [0.3, 0.4) is 0 Å². The first-order valence-electron chi connectivity index (χ1n) is 7.65. The van der Waals surface area contributed by atoms with Gasteiger partial charge in [0.1, 0.15) is 5.82 Å². The molecule has 1 aliphatic carbocycles. The summed E-state index contributed by atoms with van der Waals surface area (Å²) in [6.45, 7) is 0.507. The standard InChI is InChI=1S/C16H22N4O/c17-15-19-13-8-4-3-7-12(13)14(20-15)18-11-16(21)9-5-1-2-6-10-16/h3-4,7-8,21H,1-2,5-6,9-11H2,(H3,17,18,19,20). The molecule has 1 heterocycles. The molecule has 1 saturated carbocycles. The van der Waals surface area contributed by atoms with E-state index in [1.807, 2.05) is 24.3 Å². The molecule has 1 aromatic heterocycles. The second kappa shape index (κ2) is 5.85. The zero-order chi connectivity index (χ0) is 14.7. The largest absolute Gasteiger partial charge is 0.388 e. The predicted octanol–water partition coefficient (Wildman–Crippen LogP) is 2.71. The van der Waals surface area contributed by atoms with E-state index in [1.54, 1.807) is 0 Å². The zero-order valence-electron chi connectivity index (χ0n) is 12.2. The van der Waals surface area contributed by atoms with Crippen LogP contribution in [-0.2, 0) is 0 Å². The first-order valence-corrected chi connectivity index (χ1v) is 7.65. The van der Waals surface area contributed by atoms with Gasteiger partial charge in [-0.15, -0.1) is 0 Å². The maximum Gasteiger partial charge on any atom is 0.222 e. The molecule has 0 saturated heterocycles. The van der Waals surface area contributed by atoms with E-state index in [4.69, 9.17) is 5.73 Å². The molecule has 5 nitrogen and oxygen atoms in total. The highest BCUT2D eigenvalue weighted by Crippen LogP contribution is 2.28. The number of nitrogen functional groups attached to an aromatic ring is 1. The SMILES string of the molecule is Nc1nc(NCC2(O)CCCCCC2)c2ccccc2n1. The van der Waals surface area contributed by atoms with E-state index in [2.05, 4.69) is 15.3 Å². The minimum Gasteiger partial charge on any atom is -0.388 e. The monoisotopic (exact) mass is 286 g/mol. The Hall–Kier alpha value is -1.88. The van der Waals surface area contributed by atoms with Gasteiger partial charge >= 0.3 is 0 Å². The van der Waals surface area contributed by atoms with Crippen LogP contribution in [0.1, 0.15) is 38.5 Å². The van der Waals surface area contributed by atoms with Crippen molar-refractivity contribution in [2.75, 3.05) is 17.6 Å². The number of nitrogens with one attached hydrogen (secondary N) is 1. The summed E-state index contributed by atoms with van der Waals surface area (Å²) in [5.74, 6) is 0.958. The van der Waals surface area contributed by atoms with Crippen LogP contribution in [0.2, 0.25) is 0 Å². The lowest BCUT2D eigenvalue weighted by molar-refractivity contribution is 0.0381. The molecule has 1 aromatic carbocycles. The average molecular weight is 286 g/mol. The number of nitrogens with zero attached hydrogens (tertiary/aromatic N) is 2. The summed E-state index contributed by atoms with van der Waals surface area (Å²) in [6, 6.07) is 7.76. The Morgan fingerprint density at radius 3 is 2.57 bits per heavy atom. The van der Waals surface area contributed by atoms with Gasteiger partial charge < -0.3 is 16.2 Å². The van der Waals surface area contributed by atoms with Gasteiger partial charge in [0.2, 0.25) is 5.95 Å². The third-order valence-electron chi connectivity index (χ3n) is 4.24. The summed E-state index contributed by atoms with van der Waals surface area (Å²) in [6.07, 6.45) is 6.30. The molecule has 0 bridgehead atoms. The number of fused-ring (bicyclic) bond motifs is 1. The minimum absolute atomic E-state index is 0.254. The average Bonchev–Trinajstić information content (AvgIpc) is 2.70. The Morgan fingerprint density at radius 2 is 1.81 bits per heavy atom. The second-order valence-electron chi connectivity index (χ2n) is 5.94. The van der Waals surface area contributed by atoms with E-state index in [9.17, 15) is 5.11 Å². The van der Waals surface area contributed by atoms with Crippen molar-refractivity contribution in [1.29, 1.82) is 0 Å². The maximum absolute atomic E-state index is 10.7. The molecule has 3 rings (SSSR count). The summed E-state index contributed by atoms with van der Waals surface area (Å²) >= 11 is 0. The van der Waals surface area contributed by atoms with E-state index >= 15 is 0 Å². The van der Waals surface area contributed by atoms with Gasteiger partial charge in [-0.3, -0.25) is 0 Å². The zero-order valence-corrected chi connectivity index (χ0v) is 12.2. The third-order valence-corrected chi connectivity index (χ3v) is 4.24. The summed E-state index contributed by atoms with van der Waals surface area (Å²) < 4.78 is 0. The molecule has 112 valence electrons. The Morgan fingerprint density at radius 1 is 1.10 bits per heavy atom. The molecule has 1 aliphatic rings. The Balaban J connectivity index is 1.81. The van der Waals surface area contributed by atoms with Gasteiger partial charge in [-0.1, -0.05) is 37.8 Å². The number of para-hydroxylation sites is 1. The molecule has 5 heteroatoms. The highest BCUT2D eigenvalue weighted by molar-refractivity contribution is 5.89. The van der Waals surface area contributed by atoms with Gasteiger partial charge in [-0.05, 0) is 25.0 Å². The minimum atomic E-state index is -0.642. The highest BCUT2D eigenvalue weighted by Gasteiger charge is 2.28. The molecular formula is C16H22N4O. The Labute approximate surface area is 124 Å². The summed E-state index contributed by atoms with van der Waals surface area (Å²) in [5.41, 5.74) is 5.94. The highest BCUT2D eigenvalue weighted by atomic mass is 16.3. The van der Waals surface area contributed by atoms with E-state index in [1.165, 1.54) is 12.8 Å². The maximum atomic E-state index is 10.7. The van der Waals surface area contributed by atoms with Gasteiger partial charge in [0.15, 0.2) is 0 Å². The lowest BCUT2D eigenvalue weighted by atomic mass is 9.94. The molecule has 1 fully saturated rings. The normalized spacial score (nSPS) is 18.3. The summed E-state index contributed by atoms with van der Waals surface area (Å²) in [7, 11) is 0. The molecule has 21 heavy (non-hydrogen) atoms. The van der Waals surface area contributed by atoms with Gasteiger partial charge in [0, 0.05) is 11.9 Å².